The first-order chi connectivity index (χ1) is 16.5. The predicted molar refractivity (Wildman–Crippen MR) is 138 cm³/mol. The number of benzene rings is 2. The Balaban J connectivity index is 1.74. The van der Waals surface area contributed by atoms with Crippen molar-refractivity contribution in [3.8, 4) is 5.75 Å². The van der Waals surface area contributed by atoms with Crippen LogP contribution in [-0.4, -0.2) is 33.0 Å². The monoisotopic (exact) mass is 477 g/mol. The van der Waals surface area contributed by atoms with E-state index >= 15 is 0 Å². The molecule has 178 valence electrons. The highest BCUT2D eigenvalue weighted by Gasteiger charge is 2.34. The van der Waals surface area contributed by atoms with Crippen LogP contribution in [0.1, 0.15) is 51.3 Å². The molecule has 0 spiro atoms. The molecule has 8 heteroatoms. The topological polar surface area (TPSA) is 81.1 Å². The zero-order valence-corrected chi connectivity index (χ0v) is 20.9. The van der Waals surface area contributed by atoms with Crippen LogP contribution >= 0.6 is 11.8 Å². The minimum Gasteiger partial charge on any atom is -0.492 e. The van der Waals surface area contributed by atoms with Gasteiger partial charge in [-0.15, -0.1) is 5.10 Å². The lowest BCUT2D eigenvalue weighted by Crippen LogP contribution is -2.31. The van der Waals surface area contributed by atoms with E-state index in [2.05, 4.69) is 53.7 Å². The van der Waals surface area contributed by atoms with Crippen LogP contribution < -0.4 is 15.4 Å². The van der Waals surface area contributed by atoms with Gasteiger partial charge in [-0.3, -0.25) is 4.79 Å². The first-order valence-electron chi connectivity index (χ1n) is 11.7. The number of nitrogens with one attached hydrogen (secondary N) is 2. The second-order valence-electron chi connectivity index (χ2n) is 8.06. The normalized spacial score (nSPS) is 15.0. The zero-order chi connectivity index (χ0) is 24.1. The van der Waals surface area contributed by atoms with Gasteiger partial charge < -0.3 is 15.4 Å². The number of amides is 1. The van der Waals surface area contributed by atoms with Crippen LogP contribution in [0.2, 0.25) is 0 Å². The highest BCUT2D eigenvalue weighted by Crippen LogP contribution is 2.37. The number of carbonyl (C=O) groups excluding carboxylic acids is 1. The zero-order valence-electron chi connectivity index (χ0n) is 20.1. The fourth-order valence-corrected chi connectivity index (χ4v) is 4.65. The van der Waals surface area contributed by atoms with E-state index in [4.69, 9.17) is 9.84 Å². The first kappa shape index (κ1) is 23.9. The molecule has 0 saturated carbocycles. The first-order valence-corrected chi connectivity index (χ1v) is 12.7. The van der Waals surface area contributed by atoms with Crippen LogP contribution in [0.5, 0.6) is 5.75 Å². The number of hydrogen-bond acceptors (Lipinski definition) is 6. The van der Waals surface area contributed by atoms with E-state index in [1.807, 2.05) is 42.8 Å². The Labute approximate surface area is 205 Å². The summed E-state index contributed by atoms with van der Waals surface area (Å²) in [5.74, 6) is 2.02. The number of hydrogen-bond donors (Lipinski definition) is 2. The van der Waals surface area contributed by atoms with Gasteiger partial charge in [0.05, 0.1) is 17.9 Å². The Kier molecular flexibility index (Phi) is 7.57. The fraction of sp³-hybridized carbons (Fsp3) is 0.346. The SMILES string of the molecule is CCCSc1nc2n(n1)C(c1ccc(CC)cc1)C(C(=O)Nc1ccccc1OCC)=C(C)N2. The van der Waals surface area contributed by atoms with Crippen molar-refractivity contribution in [1.82, 2.24) is 14.8 Å². The molecule has 1 amide bonds. The fourth-order valence-electron chi connectivity index (χ4n) is 3.96. The summed E-state index contributed by atoms with van der Waals surface area (Å²) >= 11 is 1.62. The number of para-hydroxylation sites is 2. The largest absolute Gasteiger partial charge is 0.492 e. The number of allylic oxidation sites excluding steroid dienone is 1. The van der Waals surface area contributed by atoms with Crippen LogP contribution in [0, 0.1) is 0 Å². The third-order valence-corrected chi connectivity index (χ3v) is 6.70. The molecule has 1 aliphatic rings. The number of rotatable bonds is 9. The highest BCUT2D eigenvalue weighted by molar-refractivity contribution is 7.99. The van der Waals surface area contributed by atoms with Gasteiger partial charge in [-0.1, -0.05) is 62.0 Å². The smallest absolute Gasteiger partial charge is 0.255 e. The standard InChI is InChI=1S/C26H31N5O2S/c1-5-16-34-26-29-25-27-17(4)22(24(32)28-20-10-8-9-11-21(20)33-7-3)23(31(25)30-26)19-14-12-18(6-2)13-15-19/h8-15,23H,5-7,16H2,1-4H3,(H,28,32)(H,27,29,30). The Hall–Kier alpha value is -3.26. The van der Waals surface area contributed by atoms with Crippen molar-refractivity contribution in [3.63, 3.8) is 0 Å². The van der Waals surface area contributed by atoms with Crippen LogP contribution in [0.25, 0.3) is 0 Å². The molecule has 0 radical (unpaired) electrons. The average molecular weight is 478 g/mol. The van der Waals surface area contributed by atoms with E-state index in [-0.39, 0.29) is 5.91 Å². The van der Waals surface area contributed by atoms with Crippen LogP contribution in [-0.2, 0) is 11.2 Å². The quantitative estimate of drug-likeness (QED) is 0.387. The molecule has 1 aromatic heterocycles. The van der Waals surface area contributed by atoms with Gasteiger partial charge in [0.25, 0.3) is 5.91 Å². The van der Waals surface area contributed by atoms with Gasteiger partial charge >= 0.3 is 0 Å². The van der Waals surface area contributed by atoms with Crippen LogP contribution in [0.15, 0.2) is 65.0 Å². The van der Waals surface area contributed by atoms with Crippen molar-refractivity contribution < 1.29 is 9.53 Å². The van der Waals surface area contributed by atoms with Gasteiger partial charge in [-0.25, -0.2) is 4.68 Å². The molecule has 1 atom stereocenters. The molecule has 4 rings (SSSR count). The van der Waals surface area contributed by atoms with E-state index in [0.29, 0.717) is 34.7 Å². The number of aryl methyl sites for hydroxylation is 1. The third kappa shape index (κ3) is 4.97. The molecule has 34 heavy (non-hydrogen) atoms. The predicted octanol–water partition coefficient (Wildman–Crippen LogP) is 5.67. The number of nitrogens with zero attached hydrogens (tertiary/aromatic N) is 3. The van der Waals surface area contributed by atoms with E-state index in [1.165, 1.54) is 5.56 Å². The molecule has 7 nitrogen and oxygen atoms in total. The van der Waals surface area contributed by atoms with E-state index in [0.717, 1.165) is 29.9 Å². The number of fused-ring (bicyclic) bond motifs is 1. The number of aromatic nitrogens is 3. The Morgan fingerprint density at radius 2 is 1.91 bits per heavy atom. The molecule has 2 aromatic carbocycles. The van der Waals surface area contributed by atoms with E-state index < -0.39 is 6.04 Å². The maximum atomic E-state index is 13.7. The molecule has 0 saturated heterocycles. The molecule has 0 bridgehead atoms. The summed E-state index contributed by atoms with van der Waals surface area (Å²) in [4.78, 5) is 18.4. The third-order valence-electron chi connectivity index (χ3n) is 5.65. The Morgan fingerprint density at radius 1 is 1.15 bits per heavy atom. The van der Waals surface area contributed by atoms with Gasteiger partial charge in [0.1, 0.15) is 11.8 Å². The van der Waals surface area contributed by atoms with E-state index in [1.54, 1.807) is 11.8 Å². The van der Waals surface area contributed by atoms with Crippen molar-refractivity contribution in [1.29, 1.82) is 0 Å². The summed E-state index contributed by atoms with van der Waals surface area (Å²) in [6.45, 7) is 8.61. The lowest BCUT2D eigenvalue weighted by Gasteiger charge is -2.29. The lowest BCUT2D eigenvalue weighted by molar-refractivity contribution is -0.113. The Bertz CT molecular complexity index is 1190. The summed E-state index contributed by atoms with van der Waals surface area (Å²) in [6, 6.07) is 15.4. The van der Waals surface area contributed by atoms with Crippen LogP contribution in [0.3, 0.4) is 0 Å². The van der Waals surface area contributed by atoms with Gasteiger partial charge in [0, 0.05) is 11.4 Å². The van der Waals surface area contributed by atoms with Crippen molar-refractivity contribution in [2.75, 3.05) is 23.0 Å². The van der Waals surface area contributed by atoms with Crippen LogP contribution in [0.4, 0.5) is 11.6 Å². The number of thioether (sulfide) groups is 1. The second-order valence-corrected chi connectivity index (χ2v) is 9.12. The van der Waals surface area contributed by atoms with Crippen molar-refractivity contribution >= 4 is 29.3 Å². The maximum absolute atomic E-state index is 13.7. The van der Waals surface area contributed by atoms with E-state index in [9.17, 15) is 4.79 Å². The second kappa shape index (κ2) is 10.8. The molecule has 0 fully saturated rings. The number of ether oxygens (including phenoxy) is 1. The van der Waals surface area contributed by atoms with Gasteiger partial charge in [0.2, 0.25) is 11.1 Å². The van der Waals surface area contributed by atoms with Crippen molar-refractivity contribution in [2.24, 2.45) is 0 Å². The highest BCUT2D eigenvalue weighted by atomic mass is 32.2. The minimum absolute atomic E-state index is 0.203. The molecule has 3 aromatic rings. The molecular formula is C26H31N5O2S. The molecular weight excluding hydrogens is 446 g/mol. The molecule has 1 unspecified atom stereocenters. The summed E-state index contributed by atoms with van der Waals surface area (Å²) < 4.78 is 7.54. The molecule has 0 aliphatic carbocycles. The summed E-state index contributed by atoms with van der Waals surface area (Å²) in [5.41, 5.74) is 4.22. The van der Waals surface area contributed by atoms with Gasteiger partial charge in [-0.2, -0.15) is 4.98 Å². The minimum atomic E-state index is -0.398. The Morgan fingerprint density at radius 3 is 2.62 bits per heavy atom. The average Bonchev–Trinajstić information content (AvgIpc) is 3.25. The van der Waals surface area contributed by atoms with Gasteiger partial charge in [0.15, 0.2) is 0 Å². The molecule has 1 aliphatic heterocycles. The summed E-state index contributed by atoms with van der Waals surface area (Å²) in [6.07, 6.45) is 1.99. The summed E-state index contributed by atoms with van der Waals surface area (Å²) in [7, 11) is 0. The van der Waals surface area contributed by atoms with Crippen molar-refractivity contribution in [3.05, 3.63) is 70.9 Å². The lowest BCUT2D eigenvalue weighted by atomic mass is 9.94. The maximum Gasteiger partial charge on any atom is 0.255 e. The summed E-state index contributed by atoms with van der Waals surface area (Å²) in [5, 5.41) is 11.8. The molecule has 2 heterocycles. The molecule has 2 N–H and O–H groups in total. The number of carbonyl (C=O) groups is 1. The number of anilines is 2. The van der Waals surface area contributed by atoms with Gasteiger partial charge in [-0.05, 0) is 49.9 Å². The van der Waals surface area contributed by atoms with Crippen molar-refractivity contribution in [2.45, 2.75) is 51.7 Å².